The molecule has 0 amide bonds. The van der Waals surface area contributed by atoms with Gasteiger partial charge in [0.05, 0.1) is 11.6 Å². The molecule has 1 aromatic heterocycles. The van der Waals surface area contributed by atoms with Gasteiger partial charge in [0.2, 0.25) is 0 Å². The Hall–Kier alpha value is -1.49. The topological polar surface area (TPSA) is 48.4 Å². The molecule has 0 radical (unpaired) electrons. The molecular weight excluding hydrogens is 250 g/mol. The molecule has 0 saturated heterocycles. The van der Waals surface area contributed by atoms with Crippen LogP contribution in [0.3, 0.4) is 0 Å². The molecule has 1 heterocycles. The normalized spacial score (nSPS) is 13.0. The van der Waals surface area contributed by atoms with E-state index < -0.39 is 0 Å². The van der Waals surface area contributed by atoms with Crippen LogP contribution < -0.4 is 5.32 Å². The zero-order valence-corrected chi connectivity index (χ0v) is 12.2. The molecule has 0 saturated carbocycles. The first kappa shape index (κ1) is 14.9. The van der Waals surface area contributed by atoms with Crippen LogP contribution in [0.15, 0.2) is 36.5 Å². The van der Waals surface area contributed by atoms with E-state index in [-0.39, 0.29) is 6.10 Å². The molecule has 108 valence electrons. The van der Waals surface area contributed by atoms with E-state index >= 15 is 0 Å². The summed E-state index contributed by atoms with van der Waals surface area (Å²) in [6.45, 7) is 2.15. The second-order valence-corrected chi connectivity index (χ2v) is 5.36. The maximum Gasteiger partial charge on any atom is 0.0791 e. The highest BCUT2D eigenvalue weighted by Crippen LogP contribution is 2.15. The molecule has 0 spiro atoms. The minimum Gasteiger partial charge on any atom is -0.390 e. The van der Waals surface area contributed by atoms with Crippen molar-refractivity contribution in [2.24, 2.45) is 0 Å². The van der Waals surface area contributed by atoms with Crippen molar-refractivity contribution in [3.05, 3.63) is 42.1 Å². The Balaban J connectivity index is 1.84. The molecule has 1 aromatic carbocycles. The van der Waals surface area contributed by atoms with Gasteiger partial charge >= 0.3 is 0 Å². The number of hydrogen-bond acceptors (Lipinski definition) is 4. The number of rotatable bonds is 7. The van der Waals surface area contributed by atoms with Crippen LogP contribution in [-0.4, -0.2) is 54.8 Å². The number of hydrogen-bond donors (Lipinski definition) is 2. The minimum absolute atomic E-state index is 0.323. The van der Waals surface area contributed by atoms with Crippen molar-refractivity contribution in [1.29, 1.82) is 0 Å². The molecule has 20 heavy (non-hydrogen) atoms. The quantitative estimate of drug-likeness (QED) is 0.746. The maximum atomic E-state index is 9.77. The molecule has 0 bridgehead atoms. The van der Waals surface area contributed by atoms with E-state index in [1.54, 1.807) is 0 Å². The molecule has 2 aromatic rings. The second-order valence-electron chi connectivity index (χ2n) is 5.36. The summed E-state index contributed by atoms with van der Waals surface area (Å²) in [4.78, 5) is 6.44. The summed E-state index contributed by atoms with van der Waals surface area (Å²) in [6.07, 6.45) is 2.43. The van der Waals surface area contributed by atoms with Crippen LogP contribution in [-0.2, 0) is 6.42 Å². The first-order valence-corrected chi connectivity index (χ1v) is 7.03. The number of fused-ring (bicyclic) bond motifs is 1. The number of aliphatic hydroxyl groups excluding tert-OH is 1. The lowest BCUT2D eigenvalue weighted by molar-refractivity contribution is 0.135. The molecule has 0 aliphatic heterocycles. The van der Waals surface area contributed by atoms with Gasteiger partial charge in [-0.05, 0) is 38.7 Å². The lowest BCUT2D eigenvalue weighted by atomic mass is 10.1. The van der Waals surface area contributed by atoms with Crippen molar-refractivity contribution in [1.82, 2.24) is 15.2 Å². The fraction of sp³-hybridized carbons (Fsp3) is 0.438. The van der Waals surface area contributed by atoms with E-state index in [1.807, 2.05) is 31.3 Å². The molecule has 0 aliphatic rings. The van der Waals surface area contributed by atoms with Crippen molar-refractivity contribution in [3.63, 3.8) is 0 Å². The summed E-state index contributed by atoms with van der Waals surface area (Å²) in [5.74, 6) is 0. The highest BCUT2D eigenvalue weighted by atomic mass is 16.3. The molecule has 1 unspecified atom stereocenters. The van der Waals surface area contributed by atoms with Crippen molar-refractivity contribution in [3.8, 4) is 0 Å². The smallest absolute Gasteiger partial charge is 0.0791 e. The number of aliphatic hydroxyl groups is 1. The number of benzene rings is 1. The third kappa shape index (κ3) is 4.27. The number of para-hydroxylation sites is 1. The fourth-order valence-corrected chi connectivity index (χ4v) is 2.35. The molecule has 1 atom stereocenters. The maximum absolute atomic E-state index is 9.77. The largest absolute Gasteiger partial charge is 0.390 e. The molecular formula is C16H23N3O. The summed E-state index contributed by atoms with van der Waals surface area (Å²) >= 11 is 0. The Morgan fingerprint density at radius 2 is 2.05 bits per heavy atom. The third-order valence-corrected chi connectivity index (χ3v) is 3.24. The lowest BCUT2D eigenvalue weighted by Crippen LogP contribution is -2.35. The van der Waals surface area contributed by atoms with Crippen LogP contribution in [0.4, 0.5) is 0 Å². The molecule has 0 fully saturated rings. The summed E-state index contributed by atoms with van der Waals surface area (Å²) < 4.78 is 0. The van der Waals surface area contributed by atoms with Crippen molar-refractivity contribution in [2.75, 3.05) is 33.7 Å². The fourth-order valence-electron chi connectivity index (χ4n) is 2.35. The Kier molecular flexibility index (Phi) is 5.47. The Morgan fingerprint density at radius 3 is 2.85 bits per heavy atom. The number of pyridine rings is 1. The van der Waals surface area contributed by atoms with E-state index in [4.69, 9.17) is 0 Å². The van der Waals surface area contributed by atoms with Gasteiger partial charge in [-0.2, -0.15) is 0 Å². The van der Waals surface area contributed by atoms with Gasteiger partial charge in [0.15, 0.2) is 0 Å². The van der Waals surface area contributed by atoms with Crippen molar-refractivity contribution >= 4 is 10.9 Å². The zero-order valence-electron chi connectivity index (χ0n) is 12.2. The van der Waals surface area contributed by atoms with Gasteiger partial charge in [-0.3, -0.25) is 4.98 Å². The average Bonchev–Trinajstić information content (AvgIpc) is 2.43. The first-order valence-electron chi connectivity index (χ1n) is 7.03. The summed E-state index contributed by atoms with van der Waals surface area (Å²) in [5.41, 5.74) is 2.32. The van der Waals surface area contributed by atoms with Crippen molar-refractivity contribution < 1.29 is 5.11 Å². The summed E-state index contributed by atoms with van der Waals surface area (Å²) in [7, 11) is 3.93. The monoisotopic (exact) mass is 273 g/mol. The number of nitrogens with zero attached hydrogens (tertiary/aromatic N) is 2. The van der Waals surface area contributed by atoms with E-state index in [2.05, 4.69) is 34.6 Å². The predicted molar refractivity (Wildman–Crippen MR) is 82.9 cm³/mol. The third-order valence-electron chi connectivity index (χ3n) is 3.24. The number of nitrogens with one attached hydrogen (secondary N) is 1. The number of aromatic nitrogens is 1. The molecule has 2 N–H and O–H groups in total. The lowest BCUT2D eigenvalue weighted by Gasteiger charge is -2.16. The van der Waals surface area contributed by atoms with Gasteiger partial charge in [0, 0.05) is 24.7 Å². The molecule has 4 heteroatoms. The number of likely N-dealkylation sites (N-methyl/N-ethyl adjacent to an activating group) is 1. The Morgan fingerprint density at radius 1 is 1.25 bits per heavy atom. The van der Waals surface area contributed by atoms with Crippen LogP contribution >= 0.6 is 0 Å². The van der Waals surface area contributed by atoms with Crippen LogP contribution in [0.25, 0.3) is 10.9 Å². The SMILES string of the molecule is CN(C)CC(O)CNCCc1cccc2cccnc12. The average molecular weight is 273 g/mol. The second kappa shape index (κ2) is 7.33. The van der Waals surface area contributed by atoms with Crippen molar-refractivity contribution in [2.45, 2.75) is 12.5 Å². The standard InChI is InChI=1S/C16H23N3O/c1-19(2)12-15(20)11-17-10-8-14-6-3-5-13-7-4-9-18-16(13)14/h3-7,9,15,17,20H,8,10-12H2,1-2H3. The predicted octanol–water partition coefficient (Wildman–Crippen LogP) is 1.29. The van der Waals surface area contributed by atoms with Crippen LogP contribution in [0.5, 0.6) is 0 Å². The Labute approximate surface area is 120 Å². The molecule has 2 rings (SSSR count). The van der Waals surface area contributed by atoms with Gasteiger partial charge < -0.3 is 15.3 Å². The summed E-state index contributed by atoms with van der Waals surface area (Å²) in [6, 6.07) is 10.3. The summed E-state index contributed by atoms with van der Waals surface area (Å²) in [5, 5.41) is 14.2. The zero-order chi connectivity index (χ0) is 14.4. The Bertz CT molecular complexity index is 537. The van der Waals surface area contributed by atoms with Crippen LogP contribution in [0, 0.1) is 0 Å². The first-order chi connectivity index (χ1) is 9.66. The van der Waals surface area contributed by atoms with Gasteiger partial charge in [0.1, 0.15) is 0 Å². The molecule has 0 aliphatic carbocycles. The van der Waals surface area contributed by atoms with E-state index in [0.717, 1.165) is 18.5 Å². The van der Waals surface area contributed by atoms with E-state index in [1.165, 1.54) is 10.9 Å². The highest BCUT2D eigenvalue weighted by molar-refractivity contribution is 5.81. The minimum atomic E-state index is -0.323. The highest BCUT2D eigenvalue weighted by Gasteiger charge is 2.05. The van der Waals surface area contributed by atoms with Gasteiger partial charge in [-0.25, -0.2) is 0 Å². The van der Waals surface area contributed by atoms with Crippen LogP contribution in [0.1, 0.15) is 5.56 Å². The van der Waals surface area contributed by atoms with E-state index in [0.29, 0.717) is 13.1 Å². The van der Waals surface area contributed by atoms with Gasteiger partial charge in [-0.1, -0.05) is 24.3 Å². The van der Waals surface area contributed by atoms with E-state index in [9.17, 15) is 5.11 Å². The molecule has 4 nitrogen and oxygen atoms in total. The van der Waals surface area contributed by atoms with Gasteiger partial charge in [0.25, 0.3) is 0 Å². The van der Waals surface area contributed by atoms with Gasteiger partial charge in [-0.15, -0.1) is 0 Å². The van der Waals surface area contributed by atoms with Crippen LogP contribution in [0.2, 0.25) is 0 Å².